The van der Waals surface area contributed by atoms with E-state index in [9.17, 15) is 4.79 Å². The van der Waals surface area contributed by atoms with E-state index in [0.717, 1.165) is 17.5 Å². The molecule has 1 aromatic heterocycles. The molecule has 2 nitrogen and oxygen atoms in total. The fourth-order valence-corrected chi connectivity index (χ4v) is 0.822. The fourth-order valence-electron chi connectivity index (χ4n) is 0.822. The van der Waals surface area contributed by atoms with Crippen molar-refractivity contribution < 1.29 is 4.79 Å². The number of carbonyl (C=O) groups excluding carboxylic acids is 1. The first-order valence-electron chi connectivity index (χ1n) is 3.86. The molecule has 0 unspecified atom stereocenters. The van der Waals surface area contributed by atoms with Crippen LogP contribution in [0.2, 0.25) is 0 Å². The largest absolute Gasteiger partial charge is 0.303 e. The Morgan fingerprint density at radius 1 is 1.50 bits per heavy atom. The Morgan fingerprint density at radius 2 is 2.33 bits per heavy atom. The topological polar surface area (TPSA) is 30.0 Å². The van der Waals surface area contributed by atoms with E-state index in [2.05, 4.69) is 4.98 Å². The molecule has 0 saturated carbocycles. The van der Waals surface area contributed by atoms with Crippen LogP contribution in [0.15, 0.2) is 24.4 Å². The van der Waals surface area contributed by atoms with Gasteiger partial charge in [-0.15, -0.1) is 0 Å². The number of aryl methyl sites for hydroxylation is 1. The first-order chi connectivity index (χ1) is 5.83. The predicted molar refractivity (Wildman–Crippen MR) is 48.7 cm³/mol. The number of aldehydes is 1. The Balaban J connectivity index is 2.64. The second kappa shape index (κ2) is 4.44. The second-order valence-electron chi connectivity index (χ2n) is 2.57. The van der Waals surface area contributed by atoms with Crippen LogP contribution in [-0.2, 0) is 4.79 Å². The van der Waals surface area contributed by atoms with Gasteiger partial charge in [-0.3, -0.25) is 4.98 Å². The van der Waals surface area contributed by atoms with Crippen LogP contribution < -0.4 is 0 Å². The van der Waals surface area contributed by atoms with Gasteiger partial charge in [-0.1, -0.05) is 12.1 Å². The van der Waals surface area contributed by atoms with Crippen LogP contribution in [-0.4, -0.2) is 11.3 Å². The van der Waals surface area contributed by atoms with Gasteiger partial charge in [-0.25, -0.2) is 0 Å². The van der Waals surface area contributed by atoms with E-state index in [1.807, 2.05) is 25.1 Å². The number of aromatic nitrogens is 1. The van der Waals surface area contributed by atoms with Crippen LogP contribution in [0.3, 0.4) is 0 Å². The summed E-state index contributed by atoms with van der Waals surface area (Å²) in [5.41, 5.74) is 2.03. The third kappa shape index (κ3) is 2.66. The second-order valence-corrected chi connectivity index (χ2v) is 2.57. The number of pyridine rings is 1. The lowest BCUT2D eigenvalue weighted by Crippen LogP contribution is -1.80. The Labute approximate surface area is 71.9 Å². The number of carbonyl (C=O) groups is 1. The van der Waals surface area contributed by atoms with Crippen LogP contribution in [0.4, 0.5) is 0 Å². The van der Waals surface area contributed by atoms with Crippen molar-refractivity contribution in [3.63, 3.8) is 0 Å². The number of allylic oxidation sites excluding steroid dienone is 1. The summed E-state index contributed by atoms with van der Waals surface area (Å²) in [6.07, 6.45) is 6.76. The third-order valence-corrected chi connectivity index (χ3v) is 1.46. The van der Waals surface area contributed by atoms with Gasteiger partial charge in [0.1, 0.15) is 6.29 Å². The highest BCUT2D eigenvalue weighted by molar-refractivity contribution is 5.56. The van der Waals surface area contributed by atoms with E-state index < -0.39 is 0 Å². The first kappa shape index (κ1) is 8.65. The standard InChI is InChI=1S/C10H11NO/c1-9-5-6-10(11-8-9)4-2-3-7-12/h2,4-8H,3H2,1H3. The monoisotopic (exact) mass is 161 g/mol. The summed E-state index contributed by atoms with van der Waals surface area (Å²) >= 11 is 0. The lowest BCUT2D eigenvalue weighted by atomic mass is 10.2. The number of rotatable bonds is 3. The normalized spacial score (nSPS) is 10.4. The molecule has 0 saturated heterocycles. The molecule has 0 aliphatic heterocycles. The molecule has 0 bridgehead atoms. The molecular formula is C10H11NO. The first-order valence-corrected chi connectivity index (χ1v) is 3.86. The van der Waals surface area contributed by atoms with E-state index in [-0.39, 0.29) is 0 Å². The van der Waals surface area contributed by atoms with Crippen LogP contribution in [0.5, 0.6) is 0 Å². The van der Waals surface area contributed by atoms with Crippen molar-refractivity contribution in [2.24, 2.45) is 0 Å². The summed E-state index contributed by atoms with van der Waals surface area (Å²) in [5.74, 6) is 0. The van der Waals surface area contributed by atoms with Crippen LogP contribution >= 0.6 is 0 Å². The molecule has 0 aliphatic rings. The molecule has 0 spiro atoms. The van der Waals surface area contributed by atoms with E-state index in [1.54, 1.807) is 12.3 Å². The molecule has 12 heavy (non-hydrogen) atoms. The molecule has 0 amide bonds. The van der Waals surface area contributed by atoms with Crippen LogP contribution in [0.1, 0.15) is 17.7 Å². The van der Waals surface area contributed by atoms with E-state index in [1.165, 1.54) is 0 Å². The maximum Gasteiger partial charge on any atom is 0.123 e. The van der Waals surface area contributed by atoms with Crippen molar-refractivity contribution in [3.8, 4) is 0 Å². The van der Waals surface area contributed by atoms with Crippen LogP contribution in [0.25, 0.3) is 6.08 Å². The third-order valence-electron chi connectivity index (χ3n) is 1.46. The van der Waals surface area contributed by atoms with Crippen molar-refractivity contribution in [1.29, 1.82) is 0 Å². The maximum atomic E-state index is 9.98. The minimum Gasteiger partial charge on any atom is -0.303 e. The average molecular weight is 161 g/mol. The smallest absolute Gasteiger partial charge is 0.123 e. The van der Waals surface area contributed by atoms with E-state index in [4.69, 9.17) is 0 Å². The van der Waals surface area contributed by atoms with Gasteiger partial charge < -0.3 is 4.79 Å². The summed E-state index contributed by atoms with van der Waals surface area (Å²) in [6, 6.07) is 3.92. The Bertz CT molecular complexity index is 274. The Hall–Kier alpha value is -1.44. The maximum absolute atomic E-state index is 9.98. The van der Waals surface area contributed by atoms with Crippen molar-refractivity contribution in [3.05, 3.63) is 35.7 Å². The predicted octanol–water partition coefficient (Wildman–Crippen LogP) is 1.99. The Kier molecular flexibility index (Phi) is 3.20. The van der Waals surface area contributed by atoms with Gasteiger partial charge >= 0.3 is 0 Å². The van der Waals surface area contributed by atoms with E-state index >= 15 is 0 Å². The lowest BCUT2D eigenvalue weighted by Gasteiger charge is -1.92. The molecule has 0 aromatic carbocycles. The lowest BCUT2D eigenvalue weighted by molar-refractivity contribution is -0.107. The van der Waals surface area contributed by atoms with Gasteiger partial charge in [0.15, 0.2) is 0 Å². The van der Waals surface area contributed by atoms with Crippen molar-refractivity contribution in [1.82, 2.24) is 4.98 Å². The zero-order valence-electron chi connectivity index (χ0n) is 7.03. The molecule has 62 valence electrons. The minimum absolute atomic E-state index is 0.454. The van der Waals surface area contributed by atoms with Gasteiger partial charge in [-0.2, -0.15) is 0 Å². The van der Waals surface area contributed by atoms with Gasteiger partial charge in [0.25, 0.3) is 0 Å². The van der Waals surface area contributed by atoms with Crippen LogP contribution in [0, 0.1) is 6.92 Å². The molecule has 1 rings (SSSR count). The highest BCUT2D eigenvalue weighted by Crippen LogP contribution is 2.00. The number of nitrogens with zero attached hydrogens (tertiary/aromatic N) is 1. The molecule has 0 N–H and O–H groups in total. The summed E-state index contributed by atoms with van der Waals surface area (Å²) < 4.78 is 0. The quantitative estimate of drug-likeness (QED) is 0.634. The Morgan fingerprint density at radius 3 is 2.92 bits per heavy atom. The summed E-state index contributed by atoms with van der Waals surface area (Å²) in [7, 11) is 0. The molecule has 0 fully saturated rings. The number of hydrogen-bond donors (Lipinski definition) is 0. The van der Waals surface area contributed by atoms with Gasteiger partial charge in [0, 0.05) is 12.6 Å². The van der Waals surface area contributed by atoms with Crippen molar-refractivity contribution >= 4 is 12.4 Å². The molecule has 0 radical (unpaired) electrons. The summed E-state index contributed by atoms with van der Waals surface area (Å²) in [5, 5.41) is 0. The zero-order valence-corrected chi connectivity index (χ0v) is 7.03. The van der Waals surface area contributed by atoms with Gasteiger partial charge in [0.05, 0.1) is 5.69 Å². The SMILES string of the molecule is Cc1ccc(C=CCC=O)nc1. The van der Waals surface area contributed by atoms with Gasteiger partial charge in [-0.05, 0) is 24.6 Å². The summed E-state index contributed by atoms with van der Waals surface area (Å²) in [6.45, 7) is 1.99. The molecular weight excluding hydrogens is 150 g/mol. The van der Waals surface area contributed by atoms with Crippen molar-refractivity contribution in [2.45, 2.75) is 13.3 Å². The molecule has 0 aliphatic carbocycles. The fraction of sp³-hybridized carbons (Fsp3) is 0.200. The average Bonchev–Trinajstić information content (AvgIpc) is 2.09. The highest BCUT2D eigenvalue weighted by Gasteiger charge is 1.86. The zero-order chi connectivity index (χ0) is 8.81. The van der Waals surface area contributed by atoms with E-state index in [0.29, 0.717) is 6.42 Å². The molecule has 0 atom stereocenters. The van der Waals surface area contributed by atoms with Crippen molar-refractivity contribution in [2.75, 3.05) is 0 Å². The summed E-state index contributed by atoms with van der Waals surface area (Å²) in [4.78, 5) is 14.1. The number of hydrogen-bond acceptors (Lipinski definition) is 2. The minimum atomic E-state index is 0.454. The molecule has 2 heteroatoms. The molecule has 1 aromatic rings. The van der Waals surface area contributed by atoms with Gasteiger partial charge in [0.2, 0.25) is 0 Å². The molecule has 1 heterocycles. The highest BCUT2D eigenvalue weighted by atomic mass is 16.1.